The van der Waals surface area contributed by atoms with E-state index in [1.807, 2.05) is 0 Å². The lowest BCUT2D eigenvalue weighted by Gasteiger charge is -2.27. The maximum Gasteiger partial charge on any atom is 0.117 e. The molecule has 0 radical (unpaired) electrons. The fourth-order valence-electron chi connectivity index (χ4n) is 2.97. The Balaban J connectivity index is 2.02. The summed E-state index contributed by atoms with van der Waals surface area (Å²) in [4.78, 5) is 5.36. The van der Waals surface area contributed by atoms with Gasteiger partial charge in [-0.3, -0.25) is 0 Å². The molecule has 0 spiro atoms. The van der Waals surface area contributed by atoms with Crippen molar-refractivity contribution < 1.29 is 9.94 Å². The summed E-state index contributed by atoms with van der Waals surface area (Å²) in [6, 6.07) is 0. The standard InChI is InChI=1S/C13H23NO2/c1-5-6-7-16-14-11-9-8(2)10(9)12(15)13(11,3)4/h8-10,12,15H,5-7H2,1-4H3/b14-11-/t8-,9+,10-,12+/m1/s1. The Morgan fingerprint density at radius 2 is 2.12 bits per heavy atom. The first-order chi connectivity index (χ1) is 7.51. The molecule has 3 heteroatoms. The van der Waals surface area contributed by atoms with Crippen LogP contribution < -0.4 is 0 Å². The fraction of sp³-hybridized carbons (Fsp3) is 0.923. The number of rotatable bonds is 4. The molecule has 4 atom stereocenters. The summed E-state index contributed by atoms with van der Waals surface area (Å²) < 4.78 is 0. The number of aliphatic hydroxyl groups is 1. The van der Waals surface area contributed by atoms with Crippen LogP contribution in [-0.2, 0) is 4.84 Å². The normalized spacial score (nSPS) is 42.2. The van der Waals surface area contributed by atoms with Gasteiger partial charge in [0.05, 0.1) is 11.8 Å². The van der Waals surface area contributed by atoms with E-state index in [0.717, 1.165) is 18.6 Å². The summed E-state index contributed by atoms with van der Waals surface area (Å²) in [7, 11) is 0. The molecule has 0 aromatic rings. The minimum absolute atomic E-state index is 0.200. The van der Waals surface area contributed by atoms with Crippen molar-refractivity contribution in [3.63, 3.8) is 0 Å². The Bertz CT molecular complexity index is 298. The quantitative estimate of drug-likeness (QED) is 0.590. The molecule has 1 N–H and O–H groups in total. The van der Waals surface area contributed by atoms with Crippen LogP contribution in [0.15, 0.2) is 5.16 Å². The maximum atomic E-state index is 10.2. The van der Waals surface area contributed by atoms with Crippen molar-refractivity contribution in [1.29, 1.82) is 0 Å². The van der Waals surface area contributed by atoms with Gasteiger partial charge in [-0.15, -0.1) is 0 Å². The Morgan fingerprint density at radius 3 is 2.69 bits per heavy atom. The molecule has 0 unspecified atom stereocenters. The van der Waals surface area contributed by atoms with Crippen LogP contribution in [0.1, 0.15) is 40.5 Å². The van der Waals surface area contributed by atoms with Gasteiger partial charge in [-0.1, -0.05) is 39.3 Å². The van der Waals surface area contributed by atoms with Crippen LogP contribution in [0, 0.1) is 23.2 Å². The molecule has 3 nitrogen and oxygen atoms in total. The molecular weight excluding hydrogens is 202 g/mol. The molecule has 2 aliphatic carbocycles. The lowest BCUT2D eigenvalue weighted by Crippen LogP contribution is -2.35. The van der Waals surface area contributed by atoms with Crippen LogP contribution in [-0.4, -0.2) is 23.5 Å². The van der Waals surface area contributed by atoms with Crippen molar-refractivity contribution in [2.75, 3.05) is 6.61 Å². The zero-order valence-electron chi connectivity index (χ0n) is 10.7. The van der Waals surface area contributed by atoms with Gasteiger partial charge in [-0.25, -0.2) is 0 Å². The monoisotopic (exact) mass is 225 g/mol. The number of hydrogen-bond acceptors (Lipinski definition) is 3. The van der Waals surface area contributed by atoms with Crippen LogP contribution in [0.5, 0.6) is 0 Å². The molecular formula is C13H23NO2. The zero-order valence-corrected chi connectivity index (χ0v) is 10.7. The molecule has 0 aliphatic heterocycles. The Morgan fingerprint density at radius 1 is 1.44 bits per heavy atom. The second-order valence-electron chi connectivity index (χ2n) is 5.79. The Kier molecular flexibility index (Phi) is 2.99. The largest absolute Gasteiger partial charge is 0.396 e. The van der Waals surface area contributed by atoms with Gasteiger partial charge >= 0.3 is 0 Å². The highest BCUT2D eigenvalue weighted by Crippen LogP contribution is 2.61. The second-order valence-corrected chi connectivity index (χ2v) is 5.79. The van der Waals surface area contributed by atoms with Gasteiger partial charge in [0.1, 0.15) is 6.61 Å². The van der Waals surface area contributed by atoms with Crippen LogP contribution in [0.25, 0.3) is 0 Å². The van der Waals surface area contributed by atoms with Crippen molar-refractivity contribution in [3.05, 3.63) is 0 Å². The third-order valence-electron chi connectivity index (χ3n) is 4.28. The number of oxime groups is 1. The van der Waals surface area contributed by atoms with Crippen molar-refractivity contribution in [1.82, 2.24) is 0 Å². The predicted molar refractivity (Wildman–Crippen MR) is 64.2 cm³/mol. The molecule has 0 aromatic carbocycles. The second kappa shape index (κ2) is 4.02. The Labute approximate surface area is 97.9 Å². The number of aliphatic hydroxyl groups excluding tert-OH is 1. The van der Waals surface area contributed by atoms with Gasteiger partial charge in [-0.05, 0) is 18.3 Å². The first-order valence-corrected chi connectivity index (χ1v) is 6.40. The van der Waals surface area contributed by atoms with E-state index in [1.54, 1.807) is 0 Å². The summed E-state index contributed by atoms with van der Waals surface area (Å²) in [6.07, 6.45) is 1.92. The van der Waals surface area contributed by atoms with Crippen molar-refractivity contribution in [3.8, 4) is 0 Å². The van der Waals surface area contributed by atoms with E-state index < -0.39 is 0 Å². The highest BCUT2D eigenvalue weighted by Gasteiger charge is 2.66. The smallest absolute Gasteiger partial charge is 0.117 e. The van der Waals surface area contributed by atoms with Gasteiger partial charge in [0.2, 0.25) is 0 Å². The van der Waals surface area contributed by atoms with Gasteiger partial charge in [0.15, 0.2) is 0 Å². The minimum atomic E-state index is -0.249. The number of nitrogens with zero attached hydrogens (tertiary/aromatic N) is 1. The predicted octanol–water partition coefficient (Wildman–Crippen LogP) is 2.44. The van der Waals surface area contributed by atoms with Crippen LogP contribution in [0.3, 0.4) is 0 Å². The molecule has 0 amide bonds. The van der Waals surface area contributed by atoms with Crippen molar-refractivity contribution >= 4 is 5.71 Å². The molecule has 0 heterocycles. The van der Waals surface area contributed by atoms with Gasteiger partial charge in [-0.2, -0.15) is 0 Å². The van der Waals surface area contributed by atoms with Gasteiger partial charge in [0.25, 0.3) is 0 Å². The molecule has 0 bridgehead atoms. The number of hydrogen-bond donors (Lipinski definition) is 1. The minimum Gasteiger partial charge on any atom is -0.396 e. The SMILES string of the molecule is CCCCO/N=C1/[C@H]2[C@@H](C)[C@H]2[C@H](O)C1(C)C. The summed E-state index contributed by atoms with van der Waals surface area (Å²) >= 11 is 0. The zero-order chi connectivity index (χ0) is 11.9. The third kappa shape index (κ3) is 1.65. The molecule has 0 saturated heterocycles. The lowest BCUT2D eigenvalue weighted by molar-refractivity contribution is 0.0748. The summed E-state index contributed by atoms with van der Waals surface area (Å²) in [5.41, 5.74) is 0.877. The average Bonchev–Trinajstić information content (AvgIpc) is 2.81. The van der Waals surface area contributed by atoms with Crippen LogP contribution >= 0.6 is 0 Å². The van der Waals surface area contributed by atoms with Gasteiger partial charge < -0.3 is 9.94 Å². The molecule has 92 valence electrons. The summed E-state index contributed by atoms with van der Waals surface area (Å²) in [5.74, 6) is 1.46. The fourth-order valence-corrected chi connectivity index (χ4v) is 2.97. The number of fused-ring (bicyclic) bond motifs is 1. The first-order valence-electron chi connectivity index (χ1n) is 6.40. The molecule has 2 rings (SSSR count). The first kappa shape index (κ1) is 11.9. The molecule has 2 saturated carbocycles. The molecule has 16 heavy (non-hydrogen) atoms. The van der Waals surface area contributed by atoms with Crippen LogP contribution in [0.2, 0.25) is 0 Å². The molecule has 0 aromatic heterocycles. The topological polar surface area (TPSA) is 41.8 Å². The van der Waals surface area contributed by atoms with E-state index in [4.69, 9.17) is 4.84 Å². The summed E-state index contributed by atoms with van der Waals surface area (Å²) in [6.45, 7) is 9.16. The molecule has 2 aliphatic rings. The summed E-state index contributed by atoms with van der Waals surface area (Å²) in [5, 5.41) is 14.5. The maximum absolute atomic E-state index is 10.2. The van der Waals surface area contributed by atoms with E-state index in [0.29, 0.717) is 24.4 Å². The average molecular weight is 225 g/mol. The van der Waals surface area contributed by atoms with E-state index in [2.05, 4.69) is 32.9 Å². The lowest BCUT2D eigenvalue weighted by atomic mass is 9.82. The van der Waals surface area contributed by atoms with E-state index in [9.17, 15) is 5.11 Å². The highest BCUT2D eigenvalue weighted by molar-refractivity contribution is 5.97. The number of unbranched alkanes of at least 4 members (excludes halogenated alkanes) is 1. The van der Waals surface area contributed by atoms with E-state index in [1.165, 1.54) is 0 Å². The van der Waals surface area contributed by atoms with Crippen molar-refractivity contribution in [2.45, 2.75) is 46.6 Å². The highest BCUT2D eigenvalue weighted by atomic mass is 16.6. The van der Waals surface area contributed by atoms with Crippen molar-refractivity contribution in [2.24, 2.45) is 28.3 Å². The van der Waals surface area contributed by atoms with E-state index in [-0.39, 0.29) is 11.5 Å². The molecule has 2 fully saturated rings. The van der Waals surface area contributed by atoms with Gasteiger partial charge in [0, 0.05) is 11.3 Å². The van der Waals surface area contributed by atoms with E-state index >= 15 is 0 Å². The Hall–Kier alpha value is -0.570. The third-order valence-corrected chi connectivity index (χ3v) is 4.28. The van der Waals surface area contributed by atoms with Crippen LogP contribution in [0.4, 0.5) is 0 Å².